The number of aliphatic hydroxyl groups is 1. The van der Waals surface area contributed by atoms with E-state index in [9.17, 15) is 23.6 Å². The Kier molecular flexibility index (Phi) is 9.48. The second-order valence-corrected chi connectivity index (χ2v) is 8.51. The van der Waals surface area contributed by atoms with Gasteiger partial charge in [0.05, 0.1) is 15.9 Å². The molecule has 0 unspecified atom stereocenters. The van der Waals surface area contributed by atoms with Crippen molar-refractivity contribution in [1.82, 2.24) is 5.32 Å². The van der Waals surface area contributed by atoms with Crippen LogP contribution >= 0.6 is 0 Å². The maximum Gasteiger partial charge on any atom is 0.294 e. The molecule has 3 rings (SSSR count). The smallest absolute Gasteiger partial charge is 0.294 e. The second kappa shape index (κ2) is 12.1. The third-order valence-corrected chi connectivity index (χ3v) is 5.45. The maximum atomic E-state index is 10.5. The summed E-state index contributed by atoms with van der Waals surface area (Å²) < 4.78 is 29.6. The number of aryl methyl sites for hydroxylation is 1. The van der Waals surface area contributed by atoms with Crippen molar-refractivity contribution in [2.24, 2.45) is 0 Å². The molecule has 0 bridgehead atoms. The molecule has 170 valence electrons. The van der Waals surface area contributed by atoms with Gasteiger partial charge in [-0.05, 0) is 43.1 Å². The summed E-state index contributed by atoms with van der Waals surface area (Å²) >= 11 is 0. The van der Waals surface area contributed by atoms with Crippen LogP contribution in [-0.2, 0) is 16.5 Å². The highest BCUT2D eigenvalue weighted by atomic mass is 32.2. The molecule has 3 aromatic carbocycles. The average molecular weight is 459 g/mol. The minimum Gasteiger partial charge on any atom is -0.387 e. The van der Waals surface area contributed by atoms with Crippen LogP contribution in [0.25, 0.3) is 0 Å². The zero-order valence-corrected chi connectivity index (χ0v) is 18.4. The van der Waals surface area contributed by atoms with Gasteiger partial charge in [0.2, 0.25) is 0 Å². The molecule has 0 fully saturated rings. The van der Waals surface area contributed by atoms with Gasteiger partial charge in [-0.1, -0.05) is 60.2 Å². The number of benzene rings is 3. The van der Waals surface area contributed by atoms with Crippen LogP contribution in [0.5, 0.6) is 0 Å². The minimum absolute atomic E-state index is 0.0666. The van der Waals surface area contributed by atoms with Crippen LogP contribution in [0.3, 0.4) is 0 Å². The van der Waals surface area contributed by atoms with Crippen LogP contribution in [0, 0.1) is 17.0 Å². The Morgan fingerprint density at radius 1 is 0.969 bits per heavy atom. The van der Waals surface area contributed by atoms with Crippen molar-refractivity contribution >= 4 is 15.8 Å². The van der Waals surface area contributed by atoms with Crippen LogP contribution in [-0.4, -0.2) is 36.1 Å². The highest BCUT2D eigenvalue weighted by molar-refractivity contribution is 7.85. The Morgan fingerprint density at radius 3 is 2.09 bits per heavy atom. The molecule has 0 saturated carbocycles. The number of non-ortho nitro benzene ring substituents is 1. The first-order chi connectivity index (χ1) is 15.2. The van der Waals surface area contributed by atoms with Crippen molar-refractivity contribution < 1.29 is 23.0 Å². The molecule has 0 radical (unpaired) electrons. The summed E-state index contributed by atoms with van der Waals surface area (Å²) in [5.74, 6) is 0. The number of nitrogens with zero attached hydrogens (tertiary/aromatic N) is 1. The monoisotopic (exact) mass is 458 g/mol. The van der Waals surface area contributed by atoms with Gasteiger partial charge in [0.1, 0.15) is 0 Å². The van der Waals surface area contributed by atoms with Gasteiger partial charge in [-0.15, -0.1) is 0 Å². The van der Waals surface area contributed by atoms with Crippen LogP contribution in [0.4, 0.5) is 5.69 Å². The fourth-order valence-corrected chi connectivity index (χ4v) is 3.24. The fourth-order valence-electron chi connectivity index (χ4n) is 2.76. The number of nitro groups is 1. The van der Waals surface area contributed by atoms with Crippen LogP contribution in [0.15, 0.2) is 83.8 Å². The largest absolute Gasteiger partial charge is 0.387 e. The molecule has 0 aromatic heterocycles. The maximum absolute atomic E-state index is 10.5. The normalized spacial score (nSPS) is 11.8. The third kappa shape index (κ3) is 8.56. The lowest BCUT2D eigenvalue weighted by Crippen LogP contribution is -2.23. The van der Waals surface area contributed by atoms with E-state index in [4.69, 9.17) is 4.55 Å². The van der Waals surface area contributed by atoms with Crippen molar-refractivity contribution in [3.63, 3.8) is 0 Å². The van der Waals surface area contributed by atoms with E-state index in [0.717, 1.165) is 23.1 Å². The van der Waals surface area contributed by atoms with E-state index in [1.807, 2.05) is 37.3 Å². The van der Waals surface area contributed by atoms with E-state index in [2.05, 4.69) is 5.32 Å². The van der Waals surface area contributed by atoms with E-state index in [-0.39, 0.29) is 10.6 Å². The number of aliphatic hydroxyl groups excluding tert-OH is 1. The van der Waals surface area contributed by atoms with E-state index >= 15 is 0 Å². The number of hydrogen-bond acceptors (Lipinski definition) is 6. The van der Waals surface area contributed by atoms with Crippen LogP contribution < -0.4 is 5.32 Å². The third-order valence-electron chi connectivity index (χ3n) is 4.58. The molecular formula is C23H26N2O6S. The summed E-state index contributed by atoms with van der Waals surface area (Å²) in [5.41, 5.74) is 2.98. The molecule has 0 aliphatic heterocycles. The van der Waals surface area contributed by atoms with Crippen molar-refractivity contribution in [2.75, 3.05) is 13.1 Å². The Balaban J connectivity index is 0.000000278. The van der Waals surface area contributed by atoms with E-state index in [1.54, 1.807) is 24.3 Å². The topological polar surface area (TPSA) is 130 Å². The van der Waals surface area contributed by atoms with Gasteiger partial charge < -0.3 is 10.4 Å². The van der Waals surface area contributed by atoms with Crippen molar-refractivity contribution in [3.8, 4) is 0 Å². The predicted octanol–water partition coefficient (Wildman–Crippen LogP) is 3.70. The molecule has 8 nitrogen and oxygen atoms in total. The first kappa shape index (κ1) is 25.2. The lowest BCUT2D eigenvalue weighted by molar-refractivity contribution is -0.384. The predicted molar refractivity (Wildman–Crippen MR) is 122 cm³/mol. The standard InChI is InChI=1S/C16H18N2O3.C7H8O3S/c19-16(14-4-2-1-3-5-14)12-17-11-10-13-6-8-15(9-7-13)18(20)21;1-6-2-4-7(5-3-6)11(8,9)10/h1-9,16-17,19H,10-12H2;2-5H,1H3,(H,8,9,10)/t16-;/m0./s1. The molecular weight excluding hydrogens is 432 g/mol. The molecule has 1 atom stereocenters. The molecule has 3 N–H and O–H groups in total. The first-order valence-corrected chi connectivity index (χ1v) is 11.3. The quantitative estimate of drug-likeness (QED) is 0.203. The summed E-state index contributed by atoms with van der Waals surface area (Å²) in [6, 6.07) is 22.0. The lowest BCUT2D eigenvalue weighted by atomic mass is 10.1. The van der Waals surface area contributed by atoms with Gasteiger partial charge in [-0.3, -0.25) is 14.7 Å². The number of nitrogens with one attached hydrogen (secondary N) is 1. The molecule has 9 heteroatoms. The molecule has 3 aromatic rings. The molecule has 0 amide bonds. The summed E-state index contributed by atoms with van der Waals surface area (Å²) in [6.07, 6.45) is 0.238. The van der Waals surface area contributed by atoms with Gasteiger partial charge in [0.15, 0.2) is 0 Å². The molecule has 0 heterocycles. The Bertz CT molecular complexity index is 1090. The molecule has 32 heavy (non-hydrogen) atoms. The fraction of sp³-hybridized carbons (Fsp3) is 0.217. The minimum atomic E-state index is -4.02. The Labute approximate surface area is 187 Å². The summed E-state index contributed by atoms with van der Waals surface area (Å²) in [5, 5.41) is 23.7. The van der Waals surface area contributed by atoms with Crippen molar-refractivity contribution in [2.45, 2.75) is 24.3 Å². The van der Waals surface area contributed by atoms with Crippen LogP contribution in [0.2, 0.25) is 0 Å². The van der Waals surface area contributed by atoms with E-state index < -0.39 is 21.1 Å². The van der Waals surface area contributed by atoms with Gasteiger partial charge in [-0.25, -0.2) is 0 Å². The number of hydrogen-bond donors (Lipinski definition) is 3. The number of nitro benzene ring substituents is 1. The molecule has 0 saturated heterocycles. The van der Waals surface area contributed by atoms with Gasteiger partial charge in [0, 0.05) is 18.7 Å². The van der Waals surface area contributed by atoms with Gasteiger partial charge in [-0.2, -0.15) is 8.42 Å². The molecule has 0 aliphatic carbocycles. The van der Waals surface area contributed by atoms with Gasteiger partial charge in [0.25, 0.3) is 15.8 Å². The Hall–Kier alpha value is -3.11. The SMILES string of the molecule is Cc1ccc(S(=O)(=O)O)cc1.O=[N+]([O-])c1ccc(CCNC[C@H](O)c2ccccc2)cc1. The second-order valence-electron chi connectivity index (χ2n) is 7.09. The van der Waals surface area contributed by atoms with E-state index in [0.29, 0.717) is 13.1 Å². The van der Waals surface area contributed by atoms with Crippen molar-refractivity contribution in [1.29, 1.82) is 0 Å². The highest BCUT2D eigenvalue weighted by Gasteiger charge is 2.07. The summed E-state index contributed by atoms with van der Waals surface area (Å²) in [7, 11) is -4.02. The highest BCUT2D eigenvalue weighted by Crippen LogP contribution is 2.13. The van der Waals surface area contributed by atoms with Gasteiger partial charge >= 0.3 is 0 Å². The first-order valence-electron chi connectivity index (χ1n) is 9.88. The molecule has 0 spiro atoms. The summed E-state index contributed by atoms with van der Waals surface area (Å²) in [4.78, 5) is 10.1. The molecule has 0 aliphatic rings. The van der Waals surface area contributed by atoms with Crippen molar-refractivity contribution in [3.05, 3.63) is 106 Å². The Morgan fingerprint density at radius 2 is 1.56 bits per heavy atom. The lowest BCUT2D eigenvalue weighted by Gasteiger charge is -2.12. The average Bonchev–Trinajstić information content (AvgIpc) is 2.77. The number of rotatable bonds is 8. The summed E-state index contributed by atoms with van der Waals surface area (Å²) in [6.45, 7) is 3.03. The van der Waals surface area contributed by atoms with Crippen LogP contribution in [0.1, 0.15) is 22.8 Å². The zero-order chi connectivity index (χ0) is 23.6. The zero-order valence-electron chi connectivity index (χ0n) is 17.6. The van der Waals surface area contributed by atoms with E-state index in [1.165, 1.54) is 24.3 Å².